The van der Waals surface area contributed by atoms with Crippen LogP contribution < -0.4 is 10.2 Å². The van der Waals surface area contributed by atoms with Gasteiger partial charge in [-0.05, 0) is 24.3 Å². The van der Waals surface area contributed by atoms with Crippen LogP contribution in [0.15, 0.2) is 35.5 Å². The van der Waals surface area contributed by atoms with Crippen LogP contribution in [0, 0.1) is 11.3 Å². The quantitative estimate of drug-likeness (QED) is 0.490. The lowest BCUT2D eigenvalue weighted by atomic mass is 10.3. The molecule has 1 aromatic heterocycles. The molecule has 0 spiro atoms. The zero-order valence-corrected chi connectivity index (χ0v) is 10.1. The van der Waals surface area contributed by atoms with E-state index in [-0.39, 0.29) is 0 Å². The molecule has 0 fully saturated rings. The van der Waals surface area contributed by atoms with Gasteiger partial charge in [0.1, 0.15) is 23.7 Å². The van der Waals surface area contributed by atoms with Gasteiger partial charge in [0.15, 0.2) is 5.82 Å². The molecule has 0 aliphatic rings. The highest BCUT2D eigenvalue weighted by Crippen LogP contribution is 2.23. The minimum absolute atomic E-state index is 0.308. The van der Waals surface area contributed by atoms with Crippen molar-refractivity contribution < 1.29 is 9.94 Å². The Morgan fingerprint density at radius 1 is 1.47 bits per heavy atom. The van der Waals surface area contributed by atoms with Gasteiger partial charge in [-0.1, -0.05) is 0 Å². The van der Waals surface area contributed by atoms with Crippen molar-refractivity contribution in [3.63, 3.8) is 0 Å². The van der Waals surface area contributed by atoms with E-state index in [1.807, 2.05) is 6.07 Å². The number of hydrogen-bond donors (Lipinski definition) is 2. The molecule has 2 rings (SSSR count). The molecule has 7 nitrogen and oxygen atoms in total. The average molecular weight is 257 g/mol. The Bertz CT molecular complexity index is 625. The maximum absolute atomic E-state index is 8.98. The number of hydrogen-bond acceptors (Lipinski definition) is 5. The summed E-state index contributed by atoms with van der Waals surface area (Å²) in [6.07, 6.45) is 2.48. The number of ether oxygens (including phenoxy) is 1. The fourth-order valence-electron chi connectivity index (χ4n) is 1.55. The molecule has 2 N–H and O–H groups in total. The molecule has 2 aromatic rings. The largest absolute Gasteiger partial charge is 0.497 e. The standard InChI is InChI=1S/C12H11N5O2/c1-19-11-4-2-10(3-5-11)17-12(14-8-16-18)9(6-13)7-15-17/h2-5,7-8,18H,1H3,(H,14,16). The number of methoxy groups -OCH3 is 1. The van der Waals surface area contributed by atoms with Crippen molar-refractivity contribution >= 4 is 12.2 Å². The number of nitrogens with zero attached hydrogens (tertiary/aromatic N) is 4. The van der Waals surface area contributed by atoms with E-state index in [1.165, 1.54) is 10.9 Å². The number of benzene rings is 1. The third-order valence-corrected chi connectivity index (χ3v) is 2.43. The molecule has 1 heterocycles. The van der Waals surface area contributed by atoms with E-state index in [9.17, 15) is 0 Å². The predicted octanol–water partition coefficient (Wildman–Crippen LogP) is 1.39. The molecule has 0 unspecified atom stereocenters. The van der Waals surface area contributed by atoms with E-state index < -0.39 is 0 Å². The third kappa shape index (κ3) is 2.53. The number of aliphatic imine (C=N–C) groups is 1. The van der Waals surface area contributed by atoms with E-state index in [0.29, 0.717) is 11.4 Å². The van der Waals surface area contributed by atoms with E-state index in [4.69, 9.17) is 15.2 Å². The smallest absolute Gasteiger partial charge is 0.175 e. The van der Waals surface area contributed by atoms with Gasteiger partial charge in [-0.15, -0.1) is 0 Å². The van der Waals surface area contributed by atoms with Gasteiger partial charge in [0, 0.05) is 0 Å². The van der Waals surface area contributed by atoms with E-state index in [1.54, 1.807) is 36.9 Å². The number of aromatic nitrogens is 2. The van der Waals surface area contributed by atoms with Crippen LogP contribution in [-0.4, -0.2) is 28.4 Å². The second kappa shape index (κ2) is 5.66. The SMILES string of the molecule is COc1ccc(-n2ncc(C#N)c2N=CNO)cc1. The first-order valence-corrected chi connectivity index (χ1v) is 5.35. The zero-order valence-electron chi connectivity index (χ0n) is 10.1. The summed E-state index contributed by atoms with van der Waals surface area (Å²) in [5.41, 5.74) is 2.83. The lowest BCUT2D eigenvalue weighted by Crippen LogP contribution is -2.03. The van der Waals surface area contributed by atoms with Crippen LogP contribution in [0.4, 0.5) is 5.82 Å². The Morgan fingerprint density at radius 3 is 2.79 bits per heavy atom. The van der Waals surface area contributed by atoms with E-state index >= 15 is 0 Å². The van der Waals surface area contributed by atoms with Crippen LogP contribution in [0.2, 0.25) is 0 Å². The van der Waals surface area contributed by atoms with Crippen molar-refractivity contribution in [1.29, 1.82) is 5.26 Å². The number of nitriles is 1. The molecule has 0 aliphatic heterocycles. The van der Waals surface area contributed by atoms with Crippen molar-refractivity contribution in [2.75, 3.05) is 7.11 Å². The molecule has 0 bridgehead atoms. The van der Waals surface area contributed by atoms with Crippen LogP contribution in [0.25, 0.3) is 5.69 Å². The molecule has 19 heavy (non-hydrogen) atoms. The van der Waals surface area contributed by atoms with Crippen molar-refractivity contribution in [2.24, 2.45) is 4.99 Å². The van der Waals surface area contributed by atoms with Crippen LogP contribution in [-0.2, 0) is 0 Å². The van der Waals surface area contributed by atoms with Crippen molar-refractivity contribution in [1.82, 2.24) is 15.3 Å². The minimum Gasteiger partial charge on any atom is -0.497 e. The van der Waals surface area contributed by atoms with Gasteiger partial charge in [0.2, 0.25) is 0 Å². The first kappa shape index (κ1) is 12.6. The Balaban J connectivity index is 2.46. The maximum Gasteiger partial charge on any atom is 0.175 e. The minimum atomic E-state index is 0.308. The van der Waals surface area contributed by atoms with Gasteiger partial charge in [0.05, 0.1) is 19.0 Å². The molecule has 0 saturated heterocycles. The zero-order chi connectivity index (χ0) is 13.7. The first-order chi connectivity index (χ1) is 9.30. The highest BCUT2D eigenvalue weighted by atomic mass is 16.5. The number of hydroxylamine groups is 1. The Labute approximate surface area is 109 Å². The van der Waals surface area contributed by atoms with Crippen molar-refractivity contribution in [3.05, 3.63) is 36.0 Å². The Kier molecular flexibility index (Phi) is 3.75. The topological polar surface area (TPSA) is 95.5 Å². The Morgan fingerprint density at radius 2 is 2.21 bits per heavy atom. The predicted molar refractivity (Wildman–Crippen MR) is 67.9 cm³/mol. The summed E-state index contributed by atoms with van der Waals surface area (Å²) in [7, 11) is 1.58. The molecule has 0 aliphatic carbocycles. The fourth-order valence-corrected chi connectivity index (χ4v) is 1.55. The third-order valence-electron chi connectivity index (χ3n) is 2.43. The number of rotatable bonds is 4. The maximum atomic E-state index is 8.98. The first-order valence-electron chi connectivity index (χ1n) is 5.35. The normalized spacial score (nSPS) is 10.4. The van der Waals surface area contributed by atoms with Gasteiger partial charge in [-0.2, -0.15) is 10.4 Å². The summed E-state index contributed by atoms with van der Waals surface area (Å²) < 4.78 is 6.56. The fraction of sp³-hybridized carbons (Fsp3) is 0.0833. The molecule has 0 radical (unpaired) electrons. The molecule has 0 saturated carbocycles. The summed E-state index contributed by atoms with van der Waals surface area (Å²) in [5, 5.41) is 21.6. The lowest BCUT2D eigenvalue weighted by Gasteiger charge is -2.05. The molecule has 1 aromatic carbocycles. The second-order valence-corrected chi connectivity index (χ2v) is 3.49. The van der Waals surface area contributed by atoms with Crippen molar-refractivity contribution in [2.45, 2.75) is 0 Å². The lowest BCUT2D eigenvalue weighted by molar-refractivity contribution is 0.240. The van der Waals surface area contributed by atoms with Gasteiger partial charge >= 0.3 is 0 Å². The molecule has 96 valence electrons. The Hall–Kier alpha value is -2.85. The van der Waals surface area contributed by atoms with Crippen LogP contribution in [0.5, 0.6) is 5.75 Å². The summed E-state index contributed by atoms with van der Waals surface area (Å²) in [6, 6.07) is 9.12. The van der Waals surface area contributed by atoms with Gasteiger partial charge < -0.3 is 4.74 Å². The highest BCUT2D eigenvalue weighted by molar-refractivity contribution is 5.63. The molecule has 0 atom stereocenters. The number of nitrogens with one attached hydrogen (secondary N) is 1. The van der Waals surface area contributed by atoms with Crippen LogP contribution >= 0.6 is 0 Å². The summed E-state index contributed by atoms with van der Waals surface area (Å²) in [4.78, 5) is 3.94. The highest BCUT2D eigenvalue weighted by Gasteiger charge is 2.10. The van der Waals surface area contributed by atoms with Gasteiger partial charge in [-0.3, -0.25) is 10.7 Å². The summed E-state index contributed by atoms with van der Waals surface area (Å²) in [6.45, 7) is 0. The summed E-state index contributed by atoms with van der Waals surface area (Å²) in [5.74, 6) is 1.05. The van der Waals surface area contributed by atoms with E-state index in [0.717, 1.165) is 17.8 Å². The second-order valence-electron chi connectivity index (χ2n) is 3.49. The monoisotopic (exact) mass is 257 g/mol. The summed E-state index contributed by atoms with van der Waals surface area (Å²) >= 11 is 0. The van der Waals surface area contributed by atoms with Gasteiger partial charge in [0.25, 0.3) is 0 Å². The molecule has 0 amide bonds. The molecular weight excluding hydrogens is 246 g/mol. The van der Waals surface area contributed by atoms with E-state index in [2.05, 4.69) is 10.1 Å². The molecule has 7 heteroatoms. The van der Waals surface area contributed by atoms with Crippen LogP contribution in [0.3, 0.4) is 0 Å². The molecular formula is C12H11N5O2. The van der Waals surface area contributed by atoms with Gasteiger partial charge in [-0.25, -0.2) is 9.67 Å². The van der Waals surface area contributed by atoms with Crippen molar-refractivity contribution in [3.8, 4) is 17.5 Å². The average Bonchev–Trinajstić information content (AvgIpc) is 2.88. The van der Waals surface area contributed by atoms with Crippen LogP contribution in [0.1, 0.15) is 5.56 Å².